The standard InChI is InChI=1S/C6H5F2NO2/c7-6(8)11-4-2-1-3-9-5(4)10/h1-3,6H,(H,9,10). The van der Waals surface area contributed by atoms with Crippen molar-refractivity contribution in [2.75, 3.05) is 0 Å². The van der Waals surface area contributed by atoms with Gasteiger partial charge in [0, 0.05) is 6.20 Å². The molecule has 1 aromatic heterocycles. The number of hydrogen-bond acceptors (Lipinski definition) is 2. The van der Waals surface area contributed by atoms with Gasteiger partial charge in [-0.3, -0.25) is 4.79 Å². The molecule has 3 nitrogen and oxygen atoms in total. The average molecular weight is 161 g/mol. The molecule has 5 heteroatoms. The second kappa shape index (κ2) is 3.14. The van der Waals surface area contributed by atoms with Crippen molar-refractivity contribution in [3.05, 3.63) is 28.7 Å². The maximum Gasteiger partial charge on any atom is 0.387 e. The van der Waals surface area contributed by atoms with Gasteiger partial charge in [0.2, 0.25) is 0 Å². The normalized spacial score (nSPS) is 10.1. The van der Waals surface area contributed by atoms with E-state index >= 15 is 0 Å². The SMILES string of the molecule is O=c1[nH]cccc1OC(F)F. The number of alkyl halides is 2. The van der Waals surface area contributed by atoms with E-state index < -0.39 is 12.2 Å². The number of pyridine rings is 1. The van der Waals surface area contributed by atoms with Gasteiger partial charge in [-0.05, 0) is 12.1 Å². The Bertz CT molecular complexity index is 284. The van der Waals surface area contributed by atoms with Crippen LogP contribution in [0.1, 0.15) is 0 Å². The summed E-state index contributed by atoms with van der Waals surface area (Å²) in [5, 5.41) is 0. The fourth-order valence-corrected chi connectivity index (χ4v) is 0.595. The van der Waals surface area contributed by atoms with E-state index in [1.807, 2.05) is 0 Å². The number of aromatic nitrogens is 1. The molecule has 1 aromatic rings. The Hall–Kier alpha value is -1.39. The highest BCUT2D eigenvalue weighted by molar-refractivity contribution is 5.15. The summed E-state index contributed by atoms with van der Waals surface area (Å²) in [5.41, 5.74) is -0.659. The molecule has 0 aliphatic rings. The van der Waals surface area contributed by atoms with Crippen LogP contribution in [0.5, 0.6) is 5.75 Å². The van der Waals surface area contributed by atoms with E-state index in [1.54, 1.807) is 0 Å². The molecular formula is C6H5F2NO2. The third kappa shape index (κ3) is 2.03. The number of nitrogens with one attached hydrogen (secondary N) is 1. The third-order valence-electron chi connectivity index (χ3n) is 0.998. The summed E-state index contributed by atoms with van der Waals surface area (Å²) in [4.78, 5) is 12.8. The summed E-state index contributed by atoms with van der Waals surface area (Å²) in [5.74, 6) is -0.373. The summed E-state index contributed by atoms with van der Waals surface area (Å²) in [6, 6.07) is 2.57. The number of rotatable bonds is 2. The second-order valence-corrected chi connectivity index (χ2v) is 1.74. The van der Waals surface area contributed by atoms with Crippen LogP contribution in [0.4, 0.5) is 8.78 Å². The lowest BCUT2D eigenvalue weighted by Gasteiger charge is -2.00. The minimum Gasteiger partial charge on any atom is -0.429 e. The van der Waals surface area contributed by atoms with E-state index in [4.69, 9.17) is 0 Å². The monoisotopic (exact) mass is 161 g/mol. The number of hydrogen-bond donors (Lipinski definition) is 1. The van der Waals surface area contributed by atoms with Crippen LogP contribution in [0.3, 0.4) is 0 Å². The summed E-state index contributed by atoms with van der Waals surface area (Å²) in [7, 11) is 0. The highest BCUT2D eigenvalue weighted by Gasteiger charge is 2.05. The maximum atomic E-state index is 11.5. The fourth-order valence-electron chi connectivity index (χ4n) is 0.595. The lowest BCUT2D eigenvalue weighted by molar-refractivity contribution is -0.0508. The van der Waals surface area contributed by atoms with Crippen molar-refractivity contribution in [2.24, 2.45) is 0 Å². The van der Waals surface area contributed by atoms with Gasteiger partial charge in [-0.15, -0.1) is 0 Å². The molecule has 0 bridgehead atoms. The first kappa shape index (κ1) is 7.71. The lowest BCUT2D eigenvalue weighted by Crippen LogP contribution is -2.13. The molecule has 60 valence electrons. The largest absolute Gasteiger partial charge is 0.429 e. The molecule has 11 heavy (non-hydrogen) atoms. The van der Waals surface area contributed by atoms with E-state index in [-0.39, 0.29) is 5.75 Å². The first-order chi connectivity index (χ1) is 5.20. The molecule has 0 saturated heterocycles. The predicted octanol–water partition coefficient (Wildman–Crippen LogP) is 0.976. The van der Waals surface area contributed by atoms with Gasteiger partial charge in [-0.2, -0.15) is 8.78 Å². The molecule has 0 aliphatic heterocycles. The Balaban J connectivity index is 2.87. The van der Waals surface area contributed by atoms with E-state index in [9.17, 15) is 13.6 Å². The molecule has 0 amide bonds. The smallest absolute Gasteiger partial charge is 0.387 e. The Morgan fingerprint density at radius 2 is 2.27 bits per heavy atom. The molecule has 0 saturated carbocycles. The van der Waals surface area contributed by atoms with Gasteiger partial charge >= 0.3 is 6.61 Å². The Morgan fingerprint density at radius 1 is 1.55 bits per heavy atom. The molecule has 0 radical (unpaired) electrons. The van der Waals surface area contributed by atoms with Crippen molar-refractivity contribution >= 4 is 0 Å². The van der Waals surface area contributed by atoms with Gasteiger partial charge in [0.25, 0.3) is 5.56 Å². The summed E-state index contributed by atoms with van der Waals surface area (Å²) in [6.45, 7) is -2.96. The van der Waals surface area contributed by atoms with Crippen molar-refractivity contribution in [2.45, 2.75) is 6.61 Å². The van der Waals surface area contributed by atoms with Gasteiger partial charge in [-0.1, -0.05) is 0 Å². The zero-order valence-electron chi connectivity index (χ0n) is 5.38. The molecular weight excluding hydrogens is 156 g/mol. The van der Waals surface area contributed by atoms with Crippen LogP contribution in [-0.2, 0) is 0 Å². The Morgan fingerprint density at radius 3 is 2.82 bits per heavy atom. The number of H-pyrrole nitrogens is 1. The first-order valence-electron chi connectivity index (χ1n) is 2.82. The third-order valence-corrected chi connectivity index (χ3v) is 0.998. The van der Waals surface area contributed by atoms with Crippen LogP contribution in [0.15, 0.2) is 23.1 Å². The first-order valence-corrected chi connectivity index (χ1v) is 2.82. The molecule has 0 unspecified atom stereocenters. The molecule has 0 aliphatic carbocycles. The van der Waals surface area contributed by atoms with Gasteiger partial charge in [0.05, 0.1) is 0 Å². The van der Waals surface area contributed by atoms with Crippen LogP contribution in [0.25, 0.3) is 0 Å². The number of aromatic amines is 1. The van der Waals surface area contributed by atoms with Crippen molar-refractivity contribution < 1.29 is 13.5 Å². The number of halogens is 2. The van der Waals surface area contributed by atoms with Crippen molar-refractivity contribution in [3.8, 4) is 5.75 Å². The summed E-state index contributed by atoms with van der Waals surface area (Å²) >= 11 is 0. The average Bonchev–Trinajstić information content (AvgIpc) is 1.93. The zero-order valence-corrected chi connectivity index (χ0v) is 5.38. The highest BCUT2D eigenvalue weighted by Crippen LogP contribution is 2.04. The second-order valence-electron chi connectivity index (χ2n) is 1.74. The maximum absolute atomic E-state index is 11.5. The molecule has 1 rings (SSSR count). The van der Waals surface area contributed by atoms with Gasteiger partial charge < -0.3 is 9.72 Å². The van der Waals surface area contributed by atoms with E-state index in [2.05, 4.69) is 9.72 Å². The molecule has 0 atom stereocenters. The topological polar surface area (TPSA) is 42.1 Å². The fraction of sp³-hybridized carbons (Fsp3) is 0.167. The minimum absolute atomic E-state index is 0.373. The molecule has 1 N–H and O–H groups in total. The highest BCUT2D eigenvalue weighted by atomic mass is 19.3. The molecule has 0 aromatic carbocycles. The van der Waals surface area contributed by atoms with E-state index in [0.29, 0.717) is 0 Å². The van der Waals surface area contributed by atoms with Gasteiger partial charge in [0.1, 0.15) is 0 Å². The Kier molecular flexibility index (Phi) is 2.20. The molecule has 0 spiro atoms. The van der Waals surface area contributed by atoms with Crippen LogP contribution >= 0.6 is 0 Å². The summed E-state index contributed by atoms with van der Waals surface area (Å²) in [6.07, 6.45) is 1.33. The minimum atomic E-state index is -2.96. The quantitative estimate of drug-likeness (QED) is 0.702. The van der Waals surface area contributed by atoms with Crippen LogP contribution in [-0.4, -0.2) is 11.6 Å². The van der Waals surface area contributed by atoms with Crippen LogP contribution in [0, 0.1) is 0 Å². The van der Waals surface area contributed by atoms with Crippen molar-refractivity contribution in [1.29, 1.82) is 0 Å². The molecule has 1 heterocycles. The summed E-state index contributed by atoms with van der Waals surface area (Å²) < 4.78 is 26.9. The van der Waals surface area contributed by atoms with Crippen LogP contribution in [0.2, 0.25) is 0 Å². The van der Waals surface area contributed by atoms with Crippen LogP contribution < -0.4 is 10.3 Å². The Labute approximate surface area is 60.6 Å². The molecule has 0 fully saturated rings. The van der Waals surface area contributed by atoms with Gasteiger partial charge in [-0.25, -0.2) is 0 Å². The zero-order chi connectivity index (χ0) is 8.27. The number of ether oxygens (including phenoxy) is 1. The van der Waals surface area contributed by atoms with Crippen molar-refractivity contribution in [1.82, 2.24) is 4.98 Å². The predicted molar refractivity (Wildman–Crippen MR) is 33.7 cm³/mol. The van der Waals surface area contributed by atoms with E-state index in [0.717, 1.165) is 0 Å². The lowest BCUT2D eigenvalue weighted by atomic mass is 10.5. The van der Waals surface area contributed by atoms with Gasteiger partial charge in [0.15, 0.2) is 5.75 Å². The van der Waals surface area contributed by atoms with Crippen molar-refractivity contribution in [3.63, 3.8) is 0 Å². The van der Waals surface area contributed by atoms with E-state index in [1.165, 1.54) is 18.3 Å².